The van der Waals surface area contributed by atoms with Gasteiger partial charge < -0.3 is 15.7 Å². The third kappa shape index (κ3) is 3.99. The standard InChI is InChI=1S/C14H19N3O4/c15-14(19)10-4-6-16(7-5-10)9-13(18)11-2-1-3-12(8-11)17(20)21/h1-3,8,10,13,18H,4-7,9H2,(H2,15,19)/t13-/m0/s1. The van der Waals surface area contributed by atoms with Crippen molar-refractivity contribution < 1.29 is 14.8 Å². The highest BCUT2D eigenvalue weighted by Crippen LogP contribution is 2.23. The summed E-state index contributed by atoms with van der Waals surface area (Å²) in [5.41, 5.74) is 5.78. The smallest absolute Gasteiger partial charge is 0.269 e. The van der Waals surface area contributed by atoms with Crippen molar-refractivity contribution >= 4 is 11.6 Å². The largest absolute Gasteiger partial charge is 0.387 e. The minimum atomic E-state index is -0.782. The molecule has 7 nitrogen and oxygen atoms in total. The Morgan fingerprint density at radius 3 is 2.71 bits per heavy atom. The summed E-state index contributed by atoms with van der Waals surface area (Å²) in [4.78, 5) is 23.4. The third-order valence-corrected chi connectivity index (χ3v) is 3.89. The quantitative estimate of drug-likeness (QED) is 0.617. The summed E-state index contributed by atoms with van der Waals surface area (Å²) in [6.07, 6.45) is 0.601. The Morgan fingerprint density at radius 2 is 2.14 bits per heavy atom. The fourth-order valence-corrected chi connectivity index (χ4v) is 2.60. The molecule has 1 atom stereocenters. The Labute approximate surface area is 122 Å². The molecular formula is C14H19N3O4. The number of piperidine rings is 1. The first-order valence-corrected chi connectivity index (χ1v) is 6.91. The number of nitro groups is 1. The molecular weight excluding hydrogens is 274 g/mol. The van der Waals surface area contributed by atoms with Gasteiger partial charge in [-0.2, -0.15) is 0 Å². The summed E-state index contributed by atoms with van der Waals surface area (Å²) in [7, 11) is 0. The zero-order valence-electron chi connectivity index (χ0n) is 11.6. The van der Waals surface area contributed by atoms with Crippen LogP contribution in [0.5, 0.6) is 0 Å². The van der Waals surface area contributed by atoms with Gasteiger partial charge in [0.05, 0.1) is 11.0 Å². The van der Waals surface area contributed by atoms with E-state index >= 15 is 0 Å². The minimum absolute atomic E-state index is 0.0287. The topological polar surface area (TPSA) is 110 Å². The predicted octanol–water partition coefficient (Wildman–Crippen LogP) is 0.825. The van der Waals surface area contributed by atoms with E-state index in [0.717, 1.165) is 0 Å². The molecule has 0 aromatic heterocycles. The number of likely N-dealkylation sites (tertiary alicyclic amines) is 1. The van der Waals surface area contributed by atoms with E-state index in [9.17, 15) is 20.0 Å². The summed E-state index contributed by atoms with van der Waals surface area (Å²) in [5.74, 6) is -0.356. The van der Waals surface area contributed by atoms with Crippen molar-refractivity contribution in [3.05, 3.63) is 39.9 Å². The van der Waals surface area contributed by atoms with Crippen molar-refractivity contribution in [3.63, 3.8) is 0 Å². The number of carbonyl (C=O) groups is 1. The Hall–Kier alpha value is -1.99. The number of nitrogens with zero attached hydrogens (tertiary/aromatic N) is 2. The van der Waals surface area contributed by atoms with E-state index in [2.05, 4.69) is 0 Å². The van der Waals surface area contributed by atoms with Gasteiger partial charge in [-0.15, -0.1) is 0 Å². The lowest BCUT2D eigenvalue weighted by atomic mass is 9.96. The van der Waals surface area contributed by atoms with Crippen LogP contribution in [0.25, 0.3) is 0 Å². The van der Waals surface area contributed by atoms with Crippen LogP contribution in [0.2, 0.25) is 0 Å². The lowest BCUT2D eigenvalue weighted by molar-refractivity contribution is -0.385. The fraction of sp³-hybridized carbons (Fsp3) is 0.500. The molecule has 1 aromatic rings. The lowest BCUT2D eigenvalue weighted by Gasteiger charge is -2.31. The number of amides is 1. The number of nitro benzene ring substituents is 1. The molecule has 0 aliphatic carbocycles. The number of nitrogens with two attached hydrogens (primary N) is 1. The fourth-order valence-electron chi connectivity index (χ4n) is 2.60. The number of non-ortho nitro benzene ring substituents is 1. The summed E-state index contributed by atoms with van der Waals surface area (Å²) in [6.45, 7) is 1.78. The molecule has 1 heterocycles. The molecule has 0 radical (unpaired) electrons. The van der Waals surface area contributed by atoms with Crippen molar-refractivity contribution in [2.75, 3.05) is 19.6 Å². The Kier molecular flexibility index (Phi) is 4.87. The van der Waals surface area contributed by atoms with Crippen LogP contribution < -0.4 is 5.73 Å². The highest BCUT2D eigenvalue weighted by Gasteiger charge is 2.24. The molecule has 1 aliphatic rings. The average molecular weight is 293 g/mol. The van der Waals surface area contributed by atoms with Gasteiger partial charge in [0, 0.05) is 24.6 Å². The number of rotatable bonds is 5. The Balaban J connectivity index is 1.93. The molecule has 0 bridgehead atoms. The number of carbonyl (C=O) groups excluding carboxylic acids is 1. The molecule has 7 heteroatoms. The SMILES string of the molecule is NC(=O)C1CCN(C[C@H](O)c2cccc([N+](=O)[O-])c2)CC1. The van der Waals surface area contributed by atoms with Gasteiger partial charge in [-0.1, -0.05) is 12.1 Å². The molecule has 21 heavy (non-hydrogen) atoms. The van der Waals surface area contributed by atoms with Gasteiger partial charge >= 0.3 is 0 Å². The van der Waals surface area contributed by atoms with E-state index in [1.54, 1.807) is 12.1 Å². The molecule has 2 rings (SSSR count). The Morgan fingerprint density at radius 1 is 1.48 bits per heavy atom. The van der Waals surface area contributed by atoms with Crippen molar-refractivity contribution in [3.8, 4) is 0 Å². The summed E-state index contributed by atoms with van der Waals surface area (Å²) in [5, 5.41) is 20.9. The predicted molar refractivity (Wildman–Crippen MR) is 76.4 cm³/mol. The van der Waals surface area contributed by atoms with Crippen LogP contribution in [-0.2, 0) is 4.79 Å². The Bertz CT molecular complexity index is 527. The summed E-state index contributed by atoms with van der Waals surface area (Å²) >= 11 is 0. The van der Waals surface area contributed by atoms with Gasteiger partial charge in [0.1, 0.15) is 0 Å². The molecule has 1 saturated heterocycles. The lowest BCUT2D eigenvalue weighted by Crippen LogP contribution is -2.40. The number of benzene rings is 1. The number of hydrogen-bond donors (Lipinski definition) is 2. The van der Waals surface area contributed by atoms with Crippen LogP contribution in [-0.4, -0.2) is 40.5 Å². The first-order chi connectivity index (χ1) is 9.97. The van der Waals surface area contributed by atoms with E-state index in [1.165, 1.54) is 12.1 Å². The second-order valence-electron chi connectivity index (χ2n) is 5.35. The van der Waals surface area contributed by atoms with Gasteiger partial charge in [0.25, 0.3) is 5.69 Å². The molecule has 1 aliphatic heterocycles. The number of hydrogen-bond acceptors (Lipinski definition) is 5. The maximum atomic E-state index is 11.1. The van der Waals surface area contributed by atoms with Crippen LogP contribution in [0.3, 0.4) is 0 Å². The first kappa shape index (κ1) is 15.4. The minimum Gasteiger partial charge on any atom is -0.387 e. The van der Waals surface area contributed by atoms with Crippen molar-refractivity contribution in [2.45, 2.75) is 18.9 Å². The van der Waals surface area contributed by atoms with E-state index in [4.69, 9.17) is 5.73 Å². The molecule has 114 valence electrons. The van der Waals surface area contributed by atoms with Crippen molar-refractivity contribution in [1.82, 2.24) is 4.90 Å². The van der Waals surface area contributed by atoms with Gasteiger partial charge in [0.2, 0.25) is 5.91 Å². The zero-order chi connectivity index (χ0) is 15.4. The second kappa shape index (κ2) is 6.64. The first-order valence-electron chi connectivity index (χ1n) is 6.91. The molecule has 1 aromatic carbocycles. The highest BCUT2D eigenvalue weighted by atomic mass is 16.6. The van der Waals surface area contributed by atoms with Gasteiger partial charge in [-0.25, -0.2) is 0 Å². The number of aliphatic hydroxyl groups is 1. The summed E-state index contributed by atoms with van der Waals surface area (Å²) < 4.78 is 0. The van der Waals surface area contributed by atoms with Crippen LogP contribution in [0.15, 0.2) is 24.3 Å². The third-order valence-electron chi connectivity index (χ3n) is 3.89. The molecule has 1 amide bonds. The second-order valence-corrected chi connectivity index (χ2v) is 5.35. The maximum Gasteiger partial charge on any atom is 0.269 e. The molecule has 0 spiro atoms. The average Bonchev–Trinajstić information content (AvgIpc) is 2.48. The zero-order valence-corrected chi connectivity index (χ0v) is 11.6. The van der Waals surface area contributed by atoms with E-state index in [1.807, 2.05) is 4.90 Å². The van der Waals surface area contributed by atoms with E-state index in [0.29, 0.717) is 38.0 Å². The van der Waals surface area contributed by atoms with Crippen molar-refractivity contribution in [2.24, 2.45) is 11.7 Å². The van der Waals surface area contributed by atoms with Crippen LogP contribution in [0.4, 0.5) is 5.69 Å². The highest BCUT2D eigenvalue weighted by molar-refractivity contribution is 5.76. The monoisotopic (exact) mass is 293 g/mol. The molecule has 0 unspecified atom stereocenters. The van der Waals surface area contributed by atoms with Crippen LogP contribution in [0.1, 0.15) is 24.5 Å². The van der Waals surface area contributed by atoms with Crippen LogP contribution in [0, 0.1) is 16.0 Å². The molecule has 1 fully saturated rings. The van der Waals surface area contributed by atoms with Gasteiger partial charge in [-0.3, -0.25) is 14.9 Å². The summed E-state index contributed by atoms with van der Waals surface area (Å²) in [6, 6.07) is 6.03. The molecule has 3 N–H and O–H groups in total. The number of β-amino-alcohol motifs (C(OH)–C–C–N with tert-alkyl or cyclic N) is 1. The number of primary amides is 1. The van der Waals surface area contributed by atoms with Crippen molar-refractivity contribution in [1.29, 1.82) is 0 Å². The normalized spacial score (nSPS) is 18.3. The van der Waals surface area contributed by atoms with E-state index in [-0.39, 0.29) is 17.5 Å². The number of aliphatic hydroxyl groups excluding tert-OH is 1. The van der Waals surface area contributed by atoms with Gasteiger partial charge in [0.15, 0.2) is 0 Å². The van der Waals surface area contributed by atoms with Crippen LogP contribution >= 0.6 is 0 Å². The van der Waals surface area contributed by atoms with Gasteiger partial charge in [-0.05, 0) is 31.5 Å². The van der Waals surface area contributed by atoms with E-state index < -0.39 is 11.0 Å². The molecule has 0 saturated carbocycles. The maximum absolute atomic E-state index is 11.1.